The lowest BCUT2D eigenvalue weighted by atomic mass is 10.0. The van der Waals surface area contributed by atoms with Crippen LogP contribution in [0.4, 0.5) is 8.78 Å². The average molecular weight is 502 g/mol. The average Bonchev–Trinajstić information content (AvgIpc) is 3.40. The Bertz CT molecular complexity index is 1380. The summed E-state index contributed by atoms with van der Waals surface area (Å²) in [6, 6.07) is 9.98. The number of hydrogen-bond acceptors (Lipinski definition) is 6. The van der Waals surface area contributed by atoms with Gasteiger partial charge < -0.3 is 18.5 Å². The minimum absolute atomic E-state index is 0.0601. The fraction of sp³-hybridized carbons (Fsp3) is 0.136. The Hall–Kier alpha value is -3.53. The Kier molecular flexibility index (Phi) is 4.63. The number of aryl methyl sites for hydroxylation is 2. The molecular formula is C22H14BrF2N3O4. The summed E-state index contributed by atoms with van der Waals surface area (Å²) < 4.78 is 44.4. The third-order valence-corrected chi connectivity index (χ3v) is 5.39. The normalized spacial score (nSPS) is 14.0. The van der Waals surface area contributed by atoms with Crippen molar-refractivity contribution in [3.05, 3.63) is 64.5 Å². The number of fused-ring (bicyclic) bond motifs is 1. The molecule has 0 aliphatic carbocycles. The van der Waals surface area contributed by atoms with E-state index in [2.05, 4.69) is 35.4 Å². The van der Waals surface area contributed by atoms with Gasteiger partial charge in [-0.1, -0.05) is 15.9 Å². The van der Waals surface area contributed by atoms with E-state index in [1.54, 1.807) is 30.7 Å². The van der Waals surface area contributed by atoms with Crippen molar-refractivity contribution in [1.82, 2.24) is 14.5 Å². The molecule has 1 aliphatic heterocycles. The molecule has 4 aromatic rings. The number of alkyl halides is 2. The third-order valence-electron chi connectivity index (χ3n) is 4.89. The van der Waals surface area contributed by atoms with Gasteiger partial charge in [-0.05, 0) is 43.3 Å². The fourth-order valence-electron chi connectivity index (χ4n) is 3.60. The van der Waals surface area contributed by atoms with E-state index in [-0.39, 0.29) is 11.5 Å². The molecule has 0 spiro atoms. The number of benzene rings is 2. The second-order valence-electron chi connectivity index (χ2n) is 7.10. The Morgan fingerprint density at radius 2 is 1.84 bits per heavy atom. The second-order valence-corrected chi connectivity index (χ2v) is 8.02. The van der Waals surface area contributed by atoms with Crippen molar-refractivity contribution in [2.45, 2.75) is 20.1 Å². The van der Waals surface area contributed by atoms with E-state index >= 15 is 0 Å². The summed E-state index contributed by atoms with van der Waals surface area (Å²) in [7, 11) is 0. The molecule has 3 heterocycles. The number of hydrogen-bond donors (Lipinski definition) is 0. The van der Waals surface area contributed by atoms with Crippen LogP contribution in [-0.2, 0) is 0 Å². The van der Waals surface area contributed by atoms with Crippen LogP contribution in [0, 0.1) is 13.8 Å². The number of aromatic nitrogens is 3. The van der Waals surface area contributed by atoms with Gasteiger partial charge in [-0.15, -0.1) is 8.78 Å². The van der Waals surface area contributed by atoms with Crippen LogP contribution in [0.1, 0.15) is 22.2 Å². The highest BCUT2D eigenvalue weighted by Crippen LogP contribution is 2.45. The zero-order chi connectivity index (χ0) is 22.6. The summed E-state index contributed by atoms with van der Waals surface area (Å²) in [5, 5.41) is 0. The van der Waals surface area contributed by atoms with Crippen molar-refractivity contribution < 1.29 is 27.5 Å². The highest BCUT2D eigenvalue weighted by molar-refractivity contribution is 9.10. The number of oxazole rings is 1. The van der Waals surface area contributed by atoms with Gasteiger partial charge in [0.2, 0.25) is 0 Å². The topological polar surface area (TPSA) is 79.4 Å². The molecule has 2 aromatic carbocycles. The first-order valence-electron chi connectivity index (χ1n) is 9.43. The van der Waals surface area contributed by atoms with Crippen LogP contribution in [0.5, 0.6) is 11.5 Å². The van der Waals surface area contributed by atoms with Gasteiger partial charge in [-0.25, -0.2) is 9.97 Å². The number of ether oxygens (including phenoxy) is 2. The van der Waals surface area contributed by atoms with Crippen molar-refractivity contribution in [2.24, 2.45) is 0 Å². The molecule has 0 saturated carbocycles. The Labute approximate surface area is 188 Å². The maximum Gasteiger partial charge on any atom is 0.586 e. The highest BCUT2D eigenvalue weighted by Gasteiger charge is 2.43. The summed E-state index contributed by atoms with van der Waals surface area (Å²) in [6.45, 7) is 3.48. The number of halogens is 3. The zero-order valence-corrected chi connectivity index (χ0v) is 18.3. The van der Waals surface area contributed by atoms with Crippen LogP contribution in [0.25, 0.3) is 28.3 Å². The minimum atomic E-state index is -3.71. The summed E-state index contributed by atoms with van der Waals surface area (Å²) in [5.41, 5.74) is 2.68. The number of nitrogens with zero attached hydrogens (tertiary/aromatic N) is 3. The molecule has 0 radical (unpaired) electrons. The van der Waals surface area contributed by atoms with Gasteiger partial charge in [-0.2, -0.15) is 0 Å². The molecule has 2 aromatic heterocycles. The molecule has 0 N–H and O–H groups in total. The number of imidazole rings is 1. The largest absolute Gasteiger partial charge is 0.586 e. The van der Waals surface area contributed by atoms with E-state index in [0.717, 1.165) is 4.47 Å². The molecular weight excluding hydrogens is 488 g/mol. The van der Waals surface area contributed by atoms with Gasteiger partial charge in [0.25, 0.3) is 0 Å². The van der Waals surface area contributed by atoms with Gasteiger partial charge in [-0.3, -0.25) is 4.79 Å². The zero-order valence-electron chi connectivity index (χ0n) is 16.7. The summed E-state index contributed by atoms with van der Waals surface area (Å²) >= 11 is 3.48. The highest BCUT2D eigenvalue weighted by atomic mass is 79.9. The predicted octanol–water partition coefficient (Wildman–Crippen LogP) is 5.71. The van der Waals surface area contributed by atoms with Gasteiger partial charge in [0.1, 0.15) is 17.2 Å². The van der Waals surface area contributed by atoms with Crippen LogP contribution < -0.4 is 9.47 Å². The summed E-state index contributed by atoms with van der Waals surface area (Å²) in [5.74, 6) is 1.22. The molecule has 162 valence electrons. The predicted molar refractivity (Wildman–Crippen MR) is 113 cm³/mol. The first-order chi connectivity index (χ1) is 15.2. The summed E-state index contributed by atoms with van der Waals surface area (Å²) in [4.78, 5) is 20.0. The van der Waals surface area contributed by atoms with Gasteiger partial charge in [0.05, 0.1) is 5.69 Å². The maximum absolute atomic E-state index is 13.5. The van der Waals surface area contributed by atoms with Crippen molar-refractivity contribution >= 4 is 22.2 Å². The maximum atomic E-state index is 13.5. The van der Waals surface area contributed by atoms with E-state index in [0.29, 0.717) is 52.0 Å². The number of aldehydes is 1. The van der Waals surface area contributed by atoms with Crippen molar-refractivity contribution in [2.75, 3.05) is 0 Å². The first-order valence-corrected chi connectivity index (χ1v) is 10.2. The lowest BCUT2D eigenvalue weighted by Crippen LogP contribution is -2.25. The van der Waals surface area contributed by atoms with E-state index in [1.165, 1.54) is 12.1 Å². The van der Waals surface area contributed by atoms with Gasteiger partial charge in [0, 0.05) is 28.7 Å². The molecule has 0 atom stereocenters. The van der Waals surface area contributed by atoms with Crippen LogP contribution >= 0.6 is 15.9 Å². The van der Waals surface area contributed by atoms with E-state index in [1.807, 2.05) is 18.2 Å². The Balaban J connectivity index is 1.68. The molecule has 32 heavy (non-hydrogen) atoms. The summed E-state index contributed by atoms with van der Waals surface area (Å²) in [6.07, 6.45) is -1.41. The molecule has 0 bridgehead atoms. The Morgan fingerprint density at radius 1 is 1.06 bits per heavy atom. The lowest BCUT2D eigenvalue weighted by Gasteiger charge is -2.12. The number of rotatable bonds is 4. The van der Waals surface area contributed by atoms with E-state index in [9.17, 15) is 13.6 Å². The second kappa shape index (κ2) is 7.27. The minimum Gasteiger partial charge on any atom is -0.440 e. The molecule has 1 aliphatic rings. The van der Waals surface area contributed by atoms with Crippen molar-refractivity contribution in [3.8, 4) is 39.8 Å². The molecule has 0 amide bonds. The molecule has 0 unspecified atom stereocenters. The van der Waals surface area contributed by atoms with E-state index < -0.39 is 6.29 Å². The van der Waals surface area contributed by atoms with E-state index in [4.69, 9.17) is 4.42 Å². The Morgan fingerprint density at radius 3 is 2.59 bits per heavy atom. The fourth-order valence-corrected chi connectivity index (χ4v) is 3.96. The van der Waals surface area contributed by atoms with Crippen LogP contribution in [0.2, 0.25) is 0 Å². The first kappa shape index (κ1) is 20.4. The quantitative estimate of drug-likeness (QED) is 0.333. The van der Waals surface area contributed by atoms with Crippen molar-refractivity contribution in [1.29, 1.82) is 0 Å². The molecule has 5 rings (SSSR count). The lowest BCUT2D eigenvalue weighted by molar-refractivity contribution is -0.286. The third kappa shape index (κ3) is 3.46. The SMILES string of the molecule is Cc1nc(-c2cc(Br)ccc2-n2cc(C=O)nc2C)c(-c2ccc3c(c2)OC(F)(F)O3)o1. The molecule has 7 nitrogen and oxygen atoms in total. The van der Waals surface area contributed by atoms with Crippen LogP contribution in [0.15, 0.2) is 51.5 Å². The molecule has 10 heteroatoms. The monoisotopic (exact) mass is 501 g/mol. The number of carbonyl (C=O) groups excluding carboxylic acids is 1. The molecule has 0 fully saturated rings. The number of carbonyl (C=O) groups is 1. The van der Waals surface area contributed by atoms with Crippen LogP contribution in [0.3, 0.4) is 0 Å². The van der Waals surface area contributed by atoms with Gasteiger partial charge >= 0.3 is 6.29 Å². The standard InChI is InChI=1S/C22H14BrF2N3O4/c1-11-26-15(10-29)9-28(11)17-5-4-14(23)8-16(17)20-21(30-12(2)27-20)13-3-6-18-19(7-13)32-22(24,25)31-18/h3-10H,1-2H3. The van der Waals surface area contributed by atoms with Crippen molar-refractivity contribution in [3.63, 3.8) is 0 Å². The smallest absolute Gasteiger partial charge is 0.440 e. The van der Waals surface area contributed by atoms with Crippen LogP contribution in [-0.4, -0.2) is 27.1 Å². The van der Waals surface area contributed by atoms with Gasteiger partial charge in [0.15, 0.2) is 29.4 Å². The molecule has 0 saturated heterocycles.